The third kappa shape index (κ3) is 8.38. The second-order valence-electron chi connectivity index (χ2n) is 5.96. The number of hydrogen-bond donors (Lipinski definition) is 2. The molecule has 1 heterocycles. The average molecular weight is 506 g/mol. The van der Waals surface area contributed by atoms with Crippen LogP contribution in [0.15, 0.2) is 10.4 Å². The maximum Gasteiger partial charge on any atom is 0.434 e. The Labute approximate surface area is 173 Å². The molecule has 0 saturated heterocycles. The van der Waals surface area contributed by atoms with E-state index in [2.05, 4.69) is 20.6 Å². The van der Waals surface area contributed by atoms with E-state index < -0.39 is 11.9 Å². The first-order valence-electron chi connectivity index (χ1n) is 8.57. The lowest BCUT2D eigenvalue weighted by molar-refractivity contribution is -0.140. The van der Waals surface area contributed by atoms with Gasteiger partial charge in [0.1, 0.15) is 5.01 Å². The molecule has 150 valence electrons. The molecule has 1 aromatic rings. The monoisotopic (exact) mass is 506 g/mol. The zero-order valence-electron chi connectivity index (χ0n) is 14.8. The van der Waals surface area contributed by atoms with E-state index in [1.54, 1.807) is 7.05 Å². The largest absolute Gasteiger partial charge is 0.434 e. The molecule has 10 heteroatoms. The van der Waals surface area contributed by atoms with E-state index in [1.807, 2.05) is 0 Å². The number of aromatic nitrogens is 1. The minimum Gasteiger partial charge on any atom is -0.378 e. The summed E-state index contributed by atoms with van der Waals surface area (Å²) in [4.78, 5) is 7.63. The van der Waals surface area contributed by atoms with Crippen molar-refractivity contribution < 1.29 is 17.9 Å². The summed E-state index contributed by atoms with van der Waals surface area (Å²) in [6.45, 7) is 1.60. The molecule has 2 N–H and O–H groups in total. The predicted octanol–water partition coefficient (Wildman–Crippen LogP) is 4.18. The number of ether oxygens (including phenoxy) is 1. The molecule has 5 nitrogen and oxygen atoms in total. The fraction of sp³-hybridized carbons (Fsp3) is 0.750. The molecule has 1 fully saturated rings. The number of hydrogen-bond acceptors (Lipinski definition) is 4. The van der Waals surface area contributed by atoms with Crippen molar-refractivity contribution in [1.82, 2.24) is 15.6 Å². The standard InChI is InChI=1S/C16H25F3N4OS.HI/c1-20-15(21-8-5-9-24-12-6-3-2-4-7-12)22-10-14-23-13(11-25-14)16(17,18)19;/h11-12H,2-10H2,1H3,(H2,20,21,22);1H. The molecule has 1 aromatic heterocycles. The van der Waals surface area contributed by atoms with Gasteiger partial charge in [0.15, 0.2) is 11.7 Å². The fourth-order valence-electron chi connectivity index (χ4n) is 2.66. The van der Waals surface area contributed by atoms with Gasteiger partial charge in [-0.3, -0.25) is 4.99 Å². The molecule has 0 amide bonds. The van der Waals surface area contributed by atoms with Crippen molar-refractivity contribution in [2.24, 2.45) is 4.99 Å². The van der Waals surface area contributed by atoms with Gasteiger partial charge in [0.25, 0.3) is 0 Å². The molecular weight excluding hydrogens is 480 g/mol. The highest BCUT2D eigenvalue weighted by molar-refractivity contribution is 14.0. The van der Waals surface area contributed by atoms with Gasteiger partial charge in [0.2, 0.25) is 0 Å². The molecule has 0 bridgehead atoms. The Morgan fingerprint density at radius 1 is 1.31 bits per heavy atom. The molecule has 2 rings (SSSR count). The SMILES string of the molecule is CN=C(NCCCOC1CCCCC1)NCc1nc(C(F)(F)F)cs1.I. The first-order valence-corrected chi connectivity index (χ1v) is 9.44. The summed E-state index contributed by atoms with van der Waals surface area (Å²) >= 11 is 0.980. The van der Waals surface area contributed by atoms with E-state index in [-0.39, 0.29) is 30.5 Å². The number of aliphatic imine (C=N–C) groups is 1. The Morgan fingerprint density at radius 2 is 2.04 bits per heavy atom. The Balaban J connectivity index is 0.00000338. The van der Waals surface area contributed by atoms with E-state index in [4.69, 9.17) is 4.74 Å². The Hall–Kier alpha value is -0.620. The van der Waals surface area contributed by atoms with Gasteiger partial charge in [-0.15, -0.1) is 35.3 Å². The minimum atomic E-state index is -4.40. The molecule has 0 unspecified atom stereocenters. The lowest BCUT2D eigenvalue weighted by Crippen LogP contribution is -2.37. The molecule has 0 radical (unpaired) electrons. The highest BCUT2D eigenvalue weighted by atomic mass is 127. The Bertz CT molecular complexity index is 548. The van der Waals surface area contributed by atoms with Crippen molar-refractivity contribution in [2.75, 3.05) is 20.2 Å². The van der Waals surface area contributed by atoms with Crippen molar-refractivity contribution in [1.29, 1.82) is 0 Å². The van der Waals surface area contributed by atoms with E-state index in [9.17, 15) is 13.2 Å². The van der Waals surface area contributed by atoms with Crippen LogP contribution in [-0.2, 0) is 17.5 Å². The van der Waals surface area contributed by atoms with Crippen LogP contribution in [0.1, 0.15) is 49.2 Å². The quantitative estimate of drug-likeness (QED) is 0.252. The highest BCUT2D eigenvalue weighted by Crippen LogP contribution is 2.29. The zero-order chi connectivity index (χ0) is 18.1. The van der Waals surface area contributed by atoms with E-state index >= 15 is 0 Å². The lowest BCUT2D eigenvalue weighted by Gasteiger charge is -2.22. The summed E-state index contributed by atoms with van der Waals surface area (Å²) in [6, 6.07) is 0. The van der Waals surface area contributed by atoms with Crippen LogP contribution in [0, 0.1) is 0 Å². The average Bonchev–Trinajstić information content (AvgIpc) is 3.07. The number of guanidine groups is 1. The van der Waals surface area contributed by atoms with Gasteiger partial charge in [0, 0.05) is 25.6 Å². The maximum atomic E-state index is 12.5. The number of thiazole rings is 1. The fourth-order valence-corrected chi connectivity index (χ4v) is 3.40. The van der Waals surface area contributed by atoms with Crippen molar-refractivity contribution in [3.05, 3.63) is 16.1 Å². The molecular formula is C16H26F3IN4OS. The maximum absolute atomic E-state index is 12.5. The van der Waals surface area contributed by atoms with Crippen LogP contribution in [0.2, 0.25) is 0 Å². The summed E-state index contributed by atoms with van der Waals surface area (Å²) in [5.41, 5.74) is -0.850. The summed E-state index contributed by atoms with van der Waals surface area (Å²) in [6.07, 6.45) is 3.00. The molecule has 0 spiro atoms. The van der Waals surface area contributed by atoms with E-state index in [1.165, 1.54) is 19.3 Å². The van der Waals surface area contributed by atoms with E-state index in [0.29, 0.717) is 30.2 Å². The van der Waals surface area contributed by atoms with Crippen LogP contribution >= 0.6 is 35.3 Å². The topological polar surface area (TPSA) is 58.5 Å². The number of nitrogens with one attached hydrogen (secondary N) is 2. The third-order valence-corrected chi connectivity index (χ3v) is 4.84. The van der Waals surface area contributed by atoms with Gasteiger partial charge in [-0.25, -0.2) is 4.98 Å². The van der Waals surface area contributed by atoms with Crippen molar-refractivity contribution in [2.45, 2.75) is 57.3 Å². The second-order valence-corrected chi connectivity index (χ2v) is 6.90. The van der Waals surface area contributed by atoms with Crippen LogP contribution in [0.5, 0.6) is 0 Å². The summed E-state index contributed by atoms with van der Waals surface area (Å²) in [5, 5.41) is 7.49. The molecule has 1 saturated carbocycles. The van der Waals surface area contributed by atoms with Gasteiger partial charge >= 0.3 is 6.18 Å². The Morgan fingerprint density at radius 3 is 2.65 bits per heavy atom. The Kier molecular flexibility index (Phi) is 10.8. The normalized spacial score (nSPS) is 16.2. The highest BCUT2D eigenvalue weighted by Gasteiger charge is 2.33. The smallest absolute Gasteiger partial charge is 0.378 e. The van der Waals surface area contributed by atoms with Gasteiger partial charge in [-0.2, -0.15) is 13.2 Å². The van der Waals surface area contributed by atoms with E-state index in [0.717, 1.165) is 36.0 Å². The van der Waals surface area contributed by atoms with Gasteiger partial charge in [-0.1, -0.05) is 19.3 Å². The molecule has 0 atom stereocenters. The summed E-state index contributed by atoms with van der Waals surface area (Å²) < 4.78 is 43.4. The third-order valence-electron chi connectivity index (χ3n) is 3.99. The van der Waals surface area contributed by atoms with Crippen LogP contribution in [0.4, 0.5) is 13.2 Å². The number of alkyl halides is 3. The van der Waals surface area contributed by atoms with Gasteiger partial charge in [-0.05, 0) is 19.3 Å². The molecule has 0 aromatic carbocycles. The van der Waals surface area contributed by atoms with Gasteiger partial charge < -0.3 is 15.4 Å². The summed E-state index contributed by atoms with van der Waals surface area (Å²) in [7, 11) is 1.62. The molecule has 1 aliphatic rings. The summed E-state index contributed by atoms with van der Waals surface area (Å²) in [5.74, 6) is 0.543. The first-order chi connectivity index (χ1) is 12.0. The van der Waals surface area contributed by atoms with Crippen molar-refractivity contribution in [3.63, 3.8) is 0 Å². The second kappa shape index (κ2) is 12.0. The number of rotatable bonds is 7. The molecule has 1 aliphatic carbocycles. The van der Waals surface area contributed by atoms with Crippen LogP contribution in [0.3, 0.4) is 0 Å². The first kappa shape index (κ1) is 23.4. The minimum absolute atomic E-state index is 0. The van der Waals surface area contributed by atoms with Gasteiger partial charge in [0.05, 0.1) is 12.6 Å². The predicted molar refractivity (Wildman–Crippen MR) is 108 cm³/mol. The number of halogens is 4. The zero-order valence-corrected chi connectivity index (χ0v) is 17.9. The van der Waals surface area contributed by atoms with Crippen LogP contribution in [0.25, 0.3) is 0 Å². The van der Waals surface area contributed by atoms with Crippen LogP contribution in [-0.4, -0.2) is 37.2 Å². The lowest BCUT2D eigenvalue weighted by atomic mass is 9.98. The molecule has 0 aliphatic heterocycles. The number of nitrogens with zero attached hydrogens (tertiary/aromatic N) is 2. The molecule has 26 heavy (non-hydrogen) atoms. The van der Waals surface area contributed by atoms with Crippen molar-refractivity contribution >= 4 is 41.3 Å². The van der Waals surface area contributed by atoms with Crippen LogP contribution < -0.4 is 10.6 Å². The van der Waals surface area contributed by atoms with Crippen molar-refractivity contribution in [3.8, 4) is 0 Å².